The minimum absolute atomic E-state index is 0.0208. The van der Waals surface area contributed by atoms with E-state index in [1.54, 1.807) is 44.2 Å². The maximum absolute atomic E-state index is 13.5. The highest BCUT2D eigenvalue weighted by Crippen LogP contribution is 2.46. The van der Waals surface area contributed by atoms with Crippen LogP contribution in [-0.2, 0) is 23.4 Å². The number of H-pyrrole nitrogens is 1. The number of benzene rings is 1. The molecule has 0 radical (unpaired) electrons. The van der Waals surface area contributed by atoms with Gasteiger partial charge in [-0.05, 0) is 45.1 Å². The Morgan fingerprint density at radius 1 is 1.23 bits per heavy atom. The second-order valence-electron chi connectivity index (χ2n) is 8.10. The van der Waals surface area contributed by atoms with Gasteiger partial charge in [0.1, 0.15) is 30.1 Å². The third kappa shape index (κ3) is 7.07. The molecule has 2 aromatic rings. The number of aromatic amines is 1. The van der Waals surface area contributed by atoms with Crippen LogP contribution in [0, 0.1) is 4.77 Å². The molecule has 6 atom stereocenters. The van der Waals surface area contributed by atoms with Gasteiger partial charge in [0.05, 0.1) is 12.7 Å². The second-order valence-corrected chi connectivity index (χ2v) is 10.2. The summed E-state index contributed by atoms with van der Waals surface area (Å²) in [7, 11) is -4.20. The first kappa shape index (κ1) is 27.2. The quantitative estimate of drug-likeness (QED) is 0.201. The molecule has 35 heavy (non-hydrogen) atoms. The third-order valence-corrected chi connectivity index (χ3v) is 6.85. The zero-order valence-corrected chi connectivity index (χ0v) is 21.0. The van der Waals surface area contributed by atoms with Crippen LogP contribution in [0.5, 0.6) is 5.75 Å². The molecule has 0 saturated carbocycles. The number of para-hydroxylation sites is 1. The van der Waals surface area contributed by atoms with Crippen LogP contribution in [0.1, 0.15) is 27.0 Å². The number of esters is 1. The molecular formula is C21H28N3O9PS. The van der Waals surface area contributed by atoms with Crippen LogP contribution in [-0.4, -0.2) is 62.8 Å². The van der Waals surface area contributed by atoms with E-state index in [0.29, 0.717) is 0 Å². The third-order valence-electron chi connectivity index (χ3n) is 4.90. The van der Waals surface area contributed by atoms with Gasteiger partial charge < -0.3 is 24.2 Å². The van der Waals surface area contributed by atoms with Gasteiger partial charge in [0.15, 0.2) is 11.0 Å². The summed E-state index contributed by atoms with van der Waals surface area (Å²) in [6.07, 6.45) is -4.22. The van der Waals surface area contributed by atoms with Crippen molar-refractivity contribution in [3.8, 4) is 5.75 Å². The van der Waals surface area contributed by atoms with Crippen molar-refractivity contribution in [1.29, 1.82) is 0 Å². The average Bonchev–Trinajstić information content (AvgIpc) is 3.06. The minimum Gasteiger partial charge on any atom is -0.462 e. The topological polar surface area (TPSA) is 161 Å². The van der Waals surface area contributed by atoms with Gasteiger partial charge in [0.25, 0.3) is 5.56 Å². The van der Waals surface area contributed by atoms with Gasteiger partial charge in [0, 0.05) is 12.3 Å². The van der Waals surface area contributed by atoms with E-state index in [-0.39, 0.29) is 16.6 Å². The van der Waals surface area contributed by atoms with Crippen molar-refractivity contribution in [3.05, 3.63) is 57.7 Å². The Labute approximate surface area is 206 Å². The van der Waals surface area contributed by atoms with E-state index < -0.39 is 56.5 Å². The van der Waals surface area contributed by atoms with Gasteiger partial charge in [-0.15, -0.1) is 0 Å². The number of hydrogen-bond donors (Lipinski definition) is 4. The van der Waals surface area contributed by atoms with Crippen LogP contribution in [0.25, 0.3) is 0 Å². The molecule has 0 aliphatic carbocycles. The number of carbonyl (C=O) groups excluding carboxylic acids is 1. The number of aromatic nitrogens is 2. The van der Waals surface area contributed by atoms with Crippen molar-refractivity contribution in [3.63, 3.8) is 0 Å². The minimum atomic E-state index is -4.20. The lowest BCUT2D eigenvalue weighted by molar-refractivity contribution is -0.149. The molecule has 1 aromatic heterocycles. The van der Waals surface area contributed by atoms with E-state index in [1.807, 2.05) is 0 Å². The number of rotatable bonds is 10. The lowest BCUT2D eigenvalue weighted by Crippen LogP contribution is -2.38. The molecule has 192 valence electrons. The first-order chi connectivity index (χ1) is 16.5. The van der Waals surface area contributed by atoms with Crippen molar-refractivity contribution >= 4 is 25.9 Å². The second kappa shape index (κ2) is 11.6. The molecule has 3 rings (SSSR count). The standard InChI is InChI=1S/C21H28N3O9PS/c1-12(2)31-20(28)13(3)23-34(29,33-14-7-5-4-6-8-14)30-11-15-17(26)18(27)19(32-15)24-10-9-16(25)22-21(24)35/h4-10,12-13,15,17-19,26-27H,11H2,1-3H3,(H,23,29)(H,22,25,35)/t13-,15?,17?,18?,19?,34?/m0/s1. The number of ether oxygens (including phenoxy) is 2. The smallest absolute Gasteiger partial charge is 0.459 e. The fraction of sp³-hybridized carbons (Fsp3) is 0.476. The highest BCUT2D eigenvalue weighted by atomic mass is 32.1. The average molecular weight is 530 g/mol. The maximum Gasteiger partial charge on any atom is 0.459 e. The molecule has 1 aromatic carbocycles. The van der Waals surface area contributed by atoms with Gasteiger partial charge in [-0.2, -0.15) is 5.09 Å². The van der Waals surface area contributed by atoms with Crippen LogP contribution < -0.4 is 15.2 Å². The van der Waals surface area contributed by atoms with Crippen LogP contribution >= 0.6 is 20.0 Å². The summed E-state index contributed by atoms with van der Waals surface area (Å²) in [5.41, 5.74) is -0.436. The van der Waals surface area contributed by atoms with Gasteiger partial charge in [-0.3, -0.25) is 23.7 Å². The largest absolute Gasteiger partial charge is 0.462 e. The summed E-state index contributed by atoms with van der Waals surface area (Å²) < 4.78 is 36.7. The normalized spacial score (nSPS) is 24.6. The Hall–Kier alpha value is -2.38. The Bertz CT molecular complexity index is 1170. The van der Waals surface area contributed by atoms with Crippen LogP contribution in [0.15, 0.2) is 47.4 Å². The van der Waals surface area contributed by atoms with Crippen molar-refractivity contribution in [2.75, 3.05) is 6.61 Å². The van der Waals surface area contributed by atoms with Gasteiger partial charge in [-0.25, -0.2) is 4.57 Å². The maximum atomic E-state index is 13.5. The lowest BCUT2D eigenvalue weighted by Gasteiger charge is -2.25. The molecule has 1 aliphatic heterocycles. The van der Waals surface area contributed by atoms with Crippen LogP contribution in [0.2, 0.25) is 0 Å². The molecule has 0 spiro atoms. The zero-order chi connectivity index (χ0) is 25.8. The highest BCUT2D eigenvalue weighted by Gasteiger charge is 2.45. The fourth-order valence-electron chi connectivity index (χ4n) is 3.23. The molecule has 2 heterocycles. The van der Waals surface area contributed by atoms with Crippen molar-refractivity contribution < 1.29 is 38.1 Å². The number of hydrogen-bond acceptors (Lipinski definition) is 10. The molecule has 14 heteroatoms. The Balaban J connectivity index is 1.75. The van der Waals surface area contributed by atoms with Gasteiger partial charge in [0.2, 0.25) is 0 Å². The number of nitrogens with zero attached hydrogens (tertiary/aromatic N) is 1. The molecule has 0 amide bonds. The van der Waals surface area contributed by atoms with E-state index in [2.05, 4.69) is 10.1 Å². The molecular weight excluding hydrogens is 501 g/mol. The Kier molecular flexibility index (Phi) is 9.00. The summed E-state index contributed by atoms with van der Waals surface area (Å²) in [6.45, 7) is 4.31. The summed E-state index contributed by atoms with van der Waals surface area (Å²) >= 11 is 5.09. The first-order valence-electron chi connectivity index (χ1n) is 10.8. The molecule has 1 aliphatic rings. The predicted molar refractivity (Wildman–Crippen MR) is 126 cm³/mol. The van der Waals surface area contributed by atoms with Crippen molar-refractivity contribution in [2.24, 2.45) is 0 Å². The van der Waals surface area contributed by atoms with E-state index in [9.17, 15) is 24.4 Å². The molecule has 1 fully saturated rings. The van der Waals surface area contributed by atoms with Crippen LogP contribution in [0.3, 0.4) is 0 Å². The van der Waals surface area contributed by atoms with Gasteiger partial charge >= 0.3 is 13.7 Å². The summed E-state index contributed by atoms with van der Waals surface area (Å²) in [4.78, 5) is 26.1. The molecule has 5 unspecified atom stereocenters. The molecule has 4 N–H and O–H groups in total. The first-order valence-corrected chi connectivity index (χ1v) is 12.7. The summed E-state index contributed by atoms with van der Waals surface area (Å²) in [5.74, 6) is -0.460. The lowest BCUT2D eigenvalue weighted by atomic mass is 10.1. The molecule has 0 bridgehead atoms. The van der Waals surface area contributed by atoms with Crippen molar-refractivity contribution in [2.45, 2.75) is 57.5 Å². The number of carbonyl (C=O) groups is 1. The number of nitrogens with one attached hydrogen (secondary N) is 2. The molecule has 12 nitrogen and oxygen atoms in total. The number of aliphatic hydroxyl groups excluding tert-OH is 2. The SMILES string of the molecule is CC(C)OC(=O)[C@H](C)NP(=O)(OCC1OC(n2ccc(=O)[nH]c2=S)C(O)C1O)Oc1ccccc1. The summed E-state index contributed by atoms with van der Waals surface area (Å²) in [5, 5.41) is 23.5. The van der Waals surface area contributed by atoms with E-state index in [4.69, 9.17) is 30.7 Å². The fourth-order valence-corrected chi connectivity index (χ4v) is 5.00. The van der Waals surface area contributed by atoms with Crippen LogP contribution in [0.4, 0.5) is 0 Å². The van der Waals surface area contributed by atoms with E-state index in [1.165, 1.54) is 23.8 Å². The van der Waals surface area contributed by atoms with Crippen molar-refractivity contribution in [1.82, 2.24) is 14.6 Å². The monoisotopic (exact) mass is 529 g/mol. The summed E-state index contributed by atoms with van der Waals surface area (Å²) in [6, 6.07) is 8.29. The zero-order valence-electron chi connectivity index (χ0n) is 19.3. The van der Waals surface area contributed by atoms with E-state index >= 15 is 0 Å². The highest BCUT2D eigenvalue weighted by molar-refractivity contribution is 7.71. The predicted octanol–water partition coefficient (Wildman–Crippen LogP) is 1.66. The van der Waals surface area contributed by atoms with Gasteiger partial charge in [-0.1, -0.05) is 18.2 Å². The Morgan fingerprint density at radius 3 is 2.54 bits per heavy atom. The van der Waals surface area contributed by atoms with E-state index in [0.717, 1.165) is 0 Å². The Morgan fingerprint density at radius 2 is 1.91 bits per heavy atom. The number of aliphatic hydroxyl groups is 2. The molecule has 1 saturated heterocycles.